The van der Waals surface area contributed by atoms with Crippen LogP contribution in [-0.4, -0.2) is 23.0 Å². The Balaban J connectivity index is 0.00000245. The molecule has 0 amide bonds. The van der Waals surface area contributed by atoms with Crippen LogP contribution in [0.25, 0.3) is 22.4 Å². The lowest BCUT2D eigenvalue weighted by atomic mass is 9.81. The van der Waals surface area contributed by atoms with Gasteiger partial charge in [0.1, 0.15) is 11.5 Å². The highest BCUT2D eigenvalue weighted by Crippen LogP contribution is 2.36. The van der Waals surface area contributed by atoms with Crippen molar-refractivity contribution in [2.45, 2.75) is 51.1 Å². The molecule has 1 fully saturated rings. The molecule has 0 atom stereocenters. The highest BCUT2D eigenvalue weighted by Gasteiger charge is 2.26. The largest absolute Gasteiger partial charge is 0.461 e. The highest BCUT2D eigenvalue weighted by molar-refractivity contribution is 5.85. The van der Waals surface area contributed by atoms with Crippen molar-refractivity contribution in [1.82, 2.24) is 9.88 Å². The number of furan rings is 1. The van der Waals surface area contributed by atoms with Crippen molar-refractivity contribution in [1.29, 1.82) is 0 Å². The van der Waals surface area contributed by atoms with Crippen LogP contribution < -0.4 is 5.76 Å². The van der Waals surface area contributed by atoms with Crippen LogP contribution in [0, 0.1) is 6.92 Å². The SMILES string of the molecule is Cc1oc(-c2ccccc2)cc1CN(C)[C@H]1CC[C@H](c2ccc3[nH]c(=O)oc3c2)CC1.Cl. The van der Waals surface area contributed by atoms with Crippen LogP contribution in [-0.2, 0) is 6.54 Å². The van der Waals surface area contributed by atoms with Crippen molar-refractivity contribution in [3.05, 3.63) is 82.0 Å². The summed E-state index contributed by atoms with van der Waals surface area (Å²) < 4.78 is 11.3. The van der Waals surface area contributed by atoms with E-state index in [0.717, 1.165) is 42.0 Å². The van der Waals surface area contributed by atoms with Crippen molar-refractivity contribution >= 4 is 23.5 Å². The summed E-state index contributed by atoms with van der Waals surface area (Å²) in [5.74, 6) is 2.08. The van der Waals surface area contributed by atoms with Gasteiger partial charge in [-0.1, -0.05) is 36.4 Å². The zero-order chi connectivity index (χ0) is 21.4. The van der Waals surface area contributed by atoms with Crippen LogP contribution in [0.5, 0.6) is 0 Å². The quantitative estimate of drug-likeness (QED) is 0.387. The second kappa shape index (κ2) is 9.39. The first kappa shape index (κ1) is 22.4. The monoisotopic (exact) mass is 452 g/mol. The molecule has 1 aliphatic rings. The number of halogens is 1. The molecule has 0 unspecified atom stereocenters. The number of nitrogens with zero attached hydrogens (tertiary/aromatic N) is 1. The normalized spacial score (nSPS) is 18.7. The van der Waals surface area contributed by atoms with E-state index in [1.807, 2.05) is 30.3 Å². The molecule has 0 radical (unpaired) electrons. The molecule has 1 aliphatic carbocycles. The Hall–Kier alpha value is -2.76. The molecule has 0 bridgehead atoms. The number of aryl methyl sites for hydroxylation is 1. The number of hydrogen-bond donors (Lipinski definition) is 1. The van der Waals surface area contributed by atoms with Crippen LogP contribution in [0.3, 0.4) is 0 Å². The van der Waals surface area contributed by atoms with Gasteiger partial charge >= 0.3 is 5.76 Å². The predicted octanol–water partition coefficient (Wildman–Crippen LogP) is 6.27. The lowest BCUT2D eigenvalue weighted by Gasteiger charge is -2.34. The fourth-order valence-corrected chi connectivity index (χ4v) is 4.89. The molecule has 0 spiro atoms. The highest BCUT2D eigenvalue weighted by atomic mass is 35.5. The molecule has 32 heavy (non-hydrogen) atoms. The van der Waals surface area contributed by atoms with Crippen LogP contribution >= 0.6 is 12.4 Å². The standard InChI is InChI=1S/C26H28N2O3.ClH/c1-17-21(15-24(30-17)19-6-4-3-5-7-19)16-28(2)22-11-8-18(9-12-22)20-10-13-23-25(14-20)31-26(29)27-23;/h3-7,10,13-15,18,22H,8-9,11-12,16H2,1-2H3,(H,27,29);1H/t18-,22-;. The topological polar surface area (TPSA) is 62.4 Å². The third-order valence-electron chi connectivity index (χ3n) is 6.74. The van der Waals surface area contributed by atoms with Gasteiger partial charge in [0, 0.05) is 23.7 Å². The average Bonchev–Trinajstić information content (AvgIpc) is 3.35. The molecule has 5 rings (SSSR count). The van der Waals surface area contributed by atoms with E-state index in [-0.39, 0.29) is 18.2 Å². The molecule has 1 N–H and O–H groups in total. The summed E-state index contributed by atoms with van der Waals surface area (Å²) >= 11 is 0. The summed E-state index contributed by atoms with van der Waals surface area (Å²) in [5.41, 5.74) is 5.08. The molecule has 0 saturated heterocycles. The van der Waals surface area contributed by atoms with Crippen molar-refractivity contribution in [3.63, 3.8) is 0 Å². The Morgan fingerprint density at radius 3 is 2.50 bits per heavy atom. The van der Waals surface area contributed by atoms with Gasteiger partial charge in [0.2, 0.25) is 0 Å². The molecule has 2 heterocycles. The molecule has 5 nitrogen and oxygen atoms in total. The van der Waals surface area contributed by atoms with Crippen molar-refractivity contribution in [2.24, 2.45) is 0 Å². The van der Waals surface area contributed by atoms with Crippen LogP contribution in [0.4, 0.5) is 0 Å². The Kier molecular flexibility index (Phi) is 6.58. The number of fused-ring (bicyclic) bond motifs is 1. The summed E-state index contributed by atoms with van der Waals surface area (Å²) in [7, 11) is 2.22. The van der Waals surface area contributed by atoms with E-state index in [9.17, 15) is 4.79 Å². The predicted molar refractivity (Wildman–Crippen MR) is 129 cm³/mol. The third-order valence-corrected chi connectivity index (χ3v) is 6.74. The molecular formula is C26H29ClN2O3. The van der Waals surface area contributed by atoms with E-state index < -0.39 is 0 Å². The maximum absolute atomic E-state index is 11.4. The second-order valence-corrected chi connectivity index (χ2v) is 8.75. The van der Waals surface area contributed by atoms with E-state index in [0.29, 0.717) is 17.5 Å². The smallest absolute Gasteiger partial charge is 0.417 e. The Labute approximate surface area is 193 Å². The Morgan fingerprint density at radius 1 is 1.00 bits per heavy atom. The third kappa shape index (κ3) is 4.54. The van der Waals surface area contributed by atoms with Crippen LogP contribution in [0.15, 0.2) is 68.2 Å². The molecule has 2 aromatic heterocycles. The van der Waals surface area contributed by atoms with Gasteiger partial charge in [-0.15, -0.1) is 12.4 Å². The summed E-state index contributed by atoms with van der Waals surface area (Å²) in [4.78, 5) is 16.6. The van der Waals surface area contributed by atoms with E-state index in [1.165, 1.54) is 24.0 Å². The number of hydrogen-bond acceptors (Lipinski definition) is 4. The molecule has 6 heteroatoms. The summed E-state index contributed by atoms with van der Waals surface area (Å²) in [5, 5.41) is 0. The van der Waals surface area contributed by atoms with Crippen molar-refractivity contribution in [3.8, 4) is 11.3 Å². The molecule has 168 valence electrons. The lowest BCUT2D eigenvalue weighted by Crippen LogP contribution is -2.34. The van der Waals surface area contributed by atoms with E-state index >= 15 is 0 Å². The van der Waals surface area contributed by atoms with Gasteiger partial charge in [-0.2, -0.15) is 0 Å². The number of nitrogens with one attached hydrogen (secondary N) is 1. The molecular weight excluding hydrogens is 424 g/mol. The lowest BCUT2D eigenvalue weighted by molar-refractivity contribution is 0.175. The first-order chi connectivity index (χ1) is 15.1. The molecule has 1 saturated carbocycles. The Bertz CT molecular complexity index is 1230. The summed E-state index contributed by atoms with van der Waals surface area (Å²) in [6.45, 7) is 2.96. The Morgan fingerprint density at radius 2 is 1.75 bits per heavy atom. The second-order valence-electron chi connectivity index (χ2n) is 8.75. The van der Waals surface area contributed by atoms with E-state index in [2.05, 4.69) is 48.1 Å². The summed E-state index contributed by atoms with van der Waals surface area (Å²) in [6.07, 6.45) is 4.63. The van der Waals surface area contributed by atoms with Gasteiger partial charge in [-0.05, 0) is 69.3 Å². The van der Waals surface area contributed by atoms with Gasteiger partial charge in [-0.25, -0.2) is 4.79 Å². The minimum absolute atomic E-state index is 0. The van der Waals surface area contributed by atoms with E-state index in [1.54, 1.807) is 0 Å². The average molecular weight is 453 g/mol. The number of oxazole rings is 1. The molecule has 4 aromatic rings. The minimum Gasteiger partial charge on any atom is -0.461 e. The number of benzene rings is 2. The zero-order valence-electron chi connectivity index (χ0n) is 18.5. The van der Waals surface area contributed by atoms with E-state index in [4.69, 9.17) is 8.83 Å². The number of H-pyrrole nitrogens is 1. The fraction of sp³-hybridized carbons (Fsp3) is 0.346. The van der Waals surface area contributed by atoms with Gasteiger partial charge in [0.25, 0.3) is 0 Å². The fourth-order valence-electron chi connectivity index (χ4n) is 4.89. The van der Waals surface area contributed by atoms with Gasteiger partial charge in [-0.3, -0.25) is 9.88 Å². The number of aromatic amines is 1. The minimum atomic E-state index is -0.387. The number of aromatic nitrogens is 1. The van der Waals surface area contributed by atoms with Crippen LogP contribution in [0.2, 0.25) is 0 Å². The summed E-state index contributed by atoms with van der Waals surface area (Å²) in [6, 6.07) is 19.1. The first-order valence-electron chi connectivity index (χ1n) is 11.0. The van der Waals surface area contributed by atoms with Crippen molar-refractivity contribution < 1.29 is 8.83 Å². The maximum atomic E-state index is 11.4. The van der Waals surface area contributed by atoms with Gasteiger partial charge in [0.05, 0.1) is 5.52 Å². The van der Waals surface area contributed by atoms with Gasteiger partial charge < -0.3 is 8.83 Å². The van der Waals surface area contributed by atoms with Gasteiger partial charge in [0.15, 0.2) is 5.58 Å². The van der Waals surface area contributed by atoms with Crippen LogP contribution in [0.1, 0.15) is 48.5 Å². The molecule has 2 aromatic carbocycles. The van der Waals surface area contributed by atoms with Crippen molar-refractivity contribution in [2.75, 3.05) is 7.05 Å². The number of rotatable bonds is 5. The zero-order valence-corrected chi connectivity index (χ0v) is 19.3. The molecule has 0 aliphatic heterocycles. The first-order valence-corrected chi connectivity index (χ1v) is 11.0. The maximum Gasteiger partial charge on any atom is 0.417 e.